The number of alkyl halides is 1. The van der Waals surface area contributed by atoms with E-state index in [1.807, 2.05) is 45.0 Å². The Morgan fingerprint density at radius 2 is 1.65 bits per heavy atom. The van der Waals surface area contributed by atoms with Gasteiger partial charge in [0.05, 0.1) is 35.8 Å². The number of aliphatic hydroxyl groups is 1. The van der Waals surface area contributed by atoms with E-state index in [1.165, 1.54) is 0 Å². The number of carbonyl (C=O) groups is 3. The lowest BCUT2D eigenvalue weighted by molar-refractivity contribution is -0.142. The second kappa shape index (κ2) is 14.1. The second-order valence-corrected chi connectivity index (χ2v) is 15.4. The van der Waals surface area contributed by atoms with Crippen molar-refractivity contribution in [3.05, 3.63) is 78.9 Å². The fourth-order valence-electron chi connectivity index (χ4n) is 7.35. The maximum absolute atomic E-state index is 14.9. The lowest BCUT2D eigenvalue weighted by Crippen LogP contribution is -2.59. The summed E-state index contributed by atoms with van der Waals surface area (Å²) in [7, 11) is 0. The van der Waals surface area contributed by atoms with Crippen LogP contribution < -0.4 is 14.5 Å². The number of carbonyl (C=O) groups excluding carboxylic acids is 3. The summed E-state index contributed by atoms with van der Waals surface area (Å²) in [6, 6.07) is 12.8. The Hall–Kier alpha value is -2.79. The molecule has 0 aromatic heterocycles. The predicted molar refractivity (Wildman–Crippen MR) is 189 cm³/mol. The van der Waals surface area contributed by atoms with Gasteiger partial charge in [0, 0.05) is 39.6 Å². The largest absolute Gasteiger partial charge is 0.494 e. The summed E-state index contributed by atoms with van der Waals surface area (Å²) < 4.78 is 4.72. The van der Waals surface area contributed by atoms with Crippen LogP contribution in [0.4, 0.5) is 11.4 Å². The maximum Gasteiger partial charge on any atom is 0.251 e. The number of aliphatic hydroxyl groups excluding tert-OH is 1. The molecule has 1 spiro atoms. The van der Waals surface area contributed by atoms with Gasteiger partial charge in [-0.05, 0) is 67.8 Å². The molecule has 0 saturated carbocycles. The minimum absolute atomic E-state index is 0.105. The number of rotatable bonds is 13. The molecule has 46 heavy (non-hydrogen) atoms. The van der Waals surface area contributed by atoms with Crippen molar-refractivity contribution in [3.63, 3.8) is 0 Å². The third-order valence-corrected chi connectivity index (χ3v) is 12.8. The summed E-state index contributed by atoms with van der Waals surface area (Å²) in [6.07, 6.45) is 3.85. The normalized spacial score (nSPS) is 27.0. The highest BCUT2D eigenvalue weighted by molar-refractivity contribution is 9.09. The van der Waals surface area contributed by atoms with Gasteiger partial charge >= 0.3 is 0 Å². The van der Waals surface area contributed by atoms with Gasteiger partial charge in [0.2, 0.25) is 11.8 Å². The molecule has 2 aromatic rings. The van der Waals surface area contributed by atoms with Crippen molar-refractivity contribution >= 4 is 68.4 Å². The molecular weight excluding hydrogens is 690 g/mol. The third-order valence-electron chi connectivity index (χ3n) is 9.31. The van der Waals surface area contributed by atoms with E-state index in [9.17, 15) is 19.5 Å². The smallest absolute Gasteiger partial charge is 0.251 e. The predicted octanol–water partition coefficient (Wildman–Crippen LogP) is 5.96. The Morgan fingerprint density at radius 3 is 2.17 bits per heavy atom. The van der Waals surface area contributed by atoms with Crippen LogP contribution in [0.25, 0.3) is 0 Å². The first-order chi connectivity index (χ1) is 22.0. The number of hydrogen-bond acceptors (Lipinski definition) is 6. The molecular formula is C35H41BrClN3O5S. The molecule has 3 saturated heterocycles. The minimum Gasteiger partial charge on any atom is -0.494 e. The van der Waals surface area contributed by atoms with Gasteiger partial charge in [-0.25, -0.2) is 0 Å². The molecule has 3 heterocycles. The molecule has 1 N–H and O–H groups in total. The van der Waals surface area contributed by atoms with Gasteiger partial charge in [-0.15, -0.1) is 24.9 Å². The summed E-state index contributed by atoms with van der Waals surface area (Å²) in [5.41, 5.74) is 1.30. The van der Waals surface area contributed by atoms with Gasteiger partial charge in [0.1, 0.15) is 11.8 Å². The molecule has 8 nitrogen and oxygen atoms in total. The van der Waals surface area contributed by atoms with Crippen LogP contribution in [0.5, 0.6) is 5.75 Å². The van der Waals surface area contributed by atoms with Crippen LogP contribution >= 0.6 is 39.3 Å². The summed E-state index contributed by atoms with van der Waals surface area (Å²) in [6.45, 7) is 14.2. The van der Waals surface area contributed by atoms with Gasteiger partial charge < -0.3 is 24.5 Å². The van der Waals surface area contributed by atoms with E-state index in [1.54, 1.807) is 62.9 Å². The molecule has 2 bridgehead atoms. The van der Waals surface area contributed by atoms with E-state index in [0.29, 0.717) is 35.2 Å². The van der Waals surface area contributed by atoms with Crippen molar-refractivity contribution in [2.24, 2.45) is 17.8 Å². The number of fused-ring (bicyclic) bond motifs is 1. The van der Waals surface area contributed by atoms with Crippen molar-refractivity contribution in [2.45, 2.75) is 54.1 Å². The fraction of sp³-hybridized carbons (Fsp3) is 0.457. The van der Waals surface area contributed by atoms with Crippen LogP contribution in [-0.2, 0) is 14.4 Å². The van der Waals surface area contributed by atoms with E-state index in [4.69, 9.17) is 16.3 Å². The highest BCUT2D eigenvalue weighted by Gasteiger charge is 2.76. The van der Waals surface area contributed by atoms with Gasteiger partial charge in [0.25, 0.3) is 5.91 Å². The Morgan fingerprint density at radius 1 is 1.09 bits per heavy atom. The average Bonchev–Trinajstić information content (AvgIpc) is 3.63. The molecule has 3 unspecified atom stereocenters. The summed E-state index contributed by atoms with van der Waals surface area (Å²) in [4.78, 5) is 49.1. The summed E-state index contributed by atoms with van der Waals surface area (Å²) in [5, 5.41) is 10.9. The van der Waals surface area contributed by atoms with Crippen molar-refractivity contribution in [1.82, 2.24) is 4.90 Å². The highest BCUT2D eigenvalue weighted by Crippen LogP contribution is 2.68. The lowest BCUT2D eigenvalue weighted by atomic mass is 9.70. The van der Waals surface area contributed by atoms with Gasteiger partial charge in [-0.3, -0.25) is 14.4 Å². The number of likely N-dealkylation sites (tertiary alicyclic amines) is 1. The first kappa shape index (κ1) is 34.5. The molecule has 3 aliphatic heterocycles. The molecule has 0 radical (unpaired) electrons. The van der Waals surface area contributed by atoms with Crippen LogP contribution in [0.2, 0.25) is 5.02 Å². The Balaban J connectivity index is 1.60. The number of anilines is 2. The zero-order valence-electron chi connectivity index (χ0n) is 26.4. The quantitative estimate of drug-likeness (QED) is 0.202. The molecule has 3 aliphatic rings. The molecule has 2 aromatic carbocycles. The Labute approximate surface area is 288 Å². The number of amides is 3. The molecule has 3 fully saturated rings. The SMILES string of the molecule is C=CCN(C(=O)C1N([C@@H](CO)C(C)C)C(=O)[C@@H]2[C@@H](C(=O)N(CC=C)c3ccc(OCC)cc3)[C@@H]3SC12CC3Br)c1ccc(Cl)cc1. The number of ether oxygens (including phenoxy) is 1. The molecule has 7 atom stereocenters. The first-order valence-electron chi connectivity index (χ1n) is 15.6. The van der Waals surface area contributed by atoms with Gasteiger partial charge in [-0.2, -0.15) is 0 Å². The summed E-state index contributed by atoms with van der Waals surface area (Å²) in [5.74, 6) is -1.62. The van der Waals surface area contributed by atoms with Crippen LogP contribution in [0.1, 0.15) is 27.2 Å². The standard InChI is InChI=1S/C35H41BrClN3O5S/c1-6-17-38(24-13-15-25(16-14-24)45-8-3)32(42)28-29-33(43)40(27(20-41)21(4)5)31(35(29)19-26(36)30(28)46-35)34(44)39(18-7-2)23-11-9-22(37)10-12-23/h6-7,9-16,21,26-31,41H,1-2,8,17-20H2,3-5H3/t26?,27-,28+,29-,30+,31?,35?/m0/s1. The maximum atomic E-state index is 14.9. The van der Waals surface area contributed by atoms with E-state index in [-0.39, 0.29) is 53.4 Å². The number of hydrogen-bond donors (Lipinski definition) is 1. The van der Waals surface area contributed by atoms with E-state index in [2.05, 4.69) is 29.1 Å². The van der Waals surface area contributed by atoms with Crippen molar-refractivity contribution < 1.29 is 24.2 Å². The van der Waals surface area contributed by atoms with Gasteiger partial charge in [0.15, 0.2) is 0 Å². The topological polar surface area (TPSA) is 90.4 Å². The Bertz CT molecular complexity index is 1470. The molecule has 5 rings (SSSR count). The number of nitrogens with zero attached hydrogens (tertiary/aromatic N) is 3. The van der Waals surface area contributed by atoms with Crippen molar-refractivity contribution in [1.29, 1.82) is 0 Å². The zero-order valence-corrected chi connectivity index (χ0v) is 29.5. The van der Waals surface area contributed by atoms with Crippen LogP contribution in [-0.4, -0.2) is 80.9 Å². The zero-order chi connectivity index (χ0) is 33.3. The number of halogens is 2. The van der Waals surface area contributed by atoms with Crippen LogP contribution in [0.15, 0.2) is 73.8 Å². The van der Waals surface area contributed by atoms with Crippen LogP contribution in [0, 0.1) is 17.8 Å². The first-order valence-corrected chi connectivity index (χ1v) is 17.8. The third kappa shape index (κ3) is 5.91. The molecule has 0 aliphatic carbocycles. The number of benzene rings is 2. The van der Waals surface area contributed by atoms with Crippen LogP contribution in [0.3, 0.4) is 0 Å². The monoisotopic (exact) mass is 729 g/mol. The van der Waals surface area contributed by atoms with Gasteiger partial charge in [-0.1, -0.05) is 53.5 Å². The molecule has 3 amide bonds. The lowest BCUT2D eigenvalue weighted by Gasteiger charge is -2.41. The Kier molecular flexibility index (Phi) is 10.6. The summed E-state index contributed by atoms with van der Waals surface area (Å²) >= 11 is 11.6. The van der Waals surface area contributed by atoms with Crippen molar-refractivity contribution in [2.75, 3.05) is 36.1 Å². The average molecular weight is 731 g/mol. The fourth-order valence-corrected chi connectivity index (χ4v) is 11.1. The van der Waals surface area contributed by atoms with Crippen molar-refractivity contribution in [3.8, 4) is 5.75 Å². The van der Waals surface area contributed by atoms with E-state index >= 15 is 0 Å². The molecule has 11 heteroatoms. The van der Waals surface area contributed by atoms with E-state index < -0.39 is 28.7 Å². The highest BCUT2D eigenvalue weighted by atomic mass is 79.9. The second-order valence-electron chi connectivity index (χ2n) is 12.3. The molecule has 246 valence electrons. The number of thioether (sulfide) groups is 1. The van der Waals surface area contributed by atoms with E-state index in [0.717, 1.165) is 0 Å². The minimum atomic E-state index is -0.911.